The van der Waals surface area contributed by atoms with Crippen molar-refractivity contribution >= 4 is 23.3 Å². The quantitative estimate of drug-likeness (QED) is 0.703. The summed E-state index contributed by atoms with van der Waals surface area (Å²) >= 11 is 1.59. The number of carbonyl (C=O) groups is 2. The molecule has 0 spiro atoms. The molecule has 106 valence electrons. The average Bonchev–Trinajstić information content (AvgIpc) is 2.84. The Morgan fingerprint density at radius 3 is 2.79 bits per heavy atom. The largest absolute Gasteiger partial charge is 0.479 e. The molecule has 1 aromatic heterocycles. The molecular formula is C12H18N2O4S. The molecule has 1 atom stereocenters. The number of methoxy groups -OCH3 is 1. The molecule has 0 bridgehead atoms. The van der Waals surface area contributed by atoms with Crippen LogP contribution in [0.1, 0.15) is 17.4 Å². The molecule has 0 radical (unpaired) electrons. The summed E-state index contributed by atoms with van der Waals surface area (Å²) in [5, 5.41) is 15.9. The van der Waals surface area contributed by atoms with E-state index in [1.165, 1.54) is 12.7 Å². The topological polar surface area (TPSA) is 87.7 Å². The van der Waals surface area contributed by atoms with Gasteiger partial charge in [-0.05, 0) is 23.4 Å². The lowest BCUT2D eigenvalue weighted by atomic mass is 10.2. The predicted octanol–water partition coefficient (Wildman–Crippen LogP) is 1.21. The lowest BCUT2D eigenvalue weighted by molar-refractivity contribution is -0.147. The van der Waals surface area contributed by atoms with Crippen LogP contribution in [-0.2, 0) is 22.5 Å². The van der Waals surface area contributed by atoms with Gasteiger partial charge < -0.3 is 20.5 Å². The number of aryl methyl sites for hydroxylation is 1. The van der Waals surface area contributed by atoms with Crippen LogP contribution in [0, 0.1) is 0 Å². The van der Waals surface area contributed by atoms with Crippen LogP contribution in [0.4, 0.5) is 4.79 Å². The number of thiophene rings is 1. The second-order valence-electron chi connectivity index (χ2n) is 3.85. The normalized spacial score (nSPS) is 11.9. The van der Waals surface area contributed by atoms with E-state index in [4.69, 9.17) is 9.84 Å². The van der Waals surface area contributed by atoms with Gasteiger partial charge in [0.15, 0.2) is 6.10 Å². The zero-order chi connectivity index (χ0) is 14.3. The first-order valence-corrected chi connectivity index (χ1v) is 6.79. The highest BCUT2D eigenvalue weighted by Crippen LogP contribution is 2.16. The van der Waals surface area contributed by atoms with E-state index in [1.54, 1.807) is 11.3 Å². The van der Waals surface area contributed by atoms with Crippen LogP contribution < -0.4 is 10.6 Å². The van der Waals surface area contributed by atoms with E-state index in [0.29, 0.717) is 6.54 Å². The van der Waals surface area contributed by atoms with Crippen LogP contribution in [0.15, 0.2) is 11.4 Å². The summed E-state index contributed by atoms with van der Waals surface area (Å²) in [4.78, 5) is 23.3. The number of carboxylic acid groups (broad SMARTS) is 1. The number of hydrogen-bond donors (Lipinski definition) is 3. The molecule has 0 saturated carbocycles. The van der Waals surface area contributed by atoms with Crippen molar-refractivity contribution in [2.24, 2.45) is 0 Å². The SMILES string of the molecule is CCc1ccsc1CNC(=O)NCC(OC)C(=O)O. The first kappa shape index (κ1) is 15.5. The maximum absolute atomic E-state index is 11.5. The summed E-state index contributed by atoms with van der Waals surface area (Å²) in [6.07, 6.45) is -0.105. The highest BCUT2D eigenvalue weighted by molar-refractivity contribution is 7.10. The number of aliphatic carboxylic acids is 1. The van der Waals surface area contributed by atoms with Crippen LogP contribution in [-0.4, -0.2) is 36.9 Å². The second kappa shape index (κ2) is 7.75. The van der Waals surface area contributed by atoms with Crippen molar-refractivity contribution in [3.8, 4) is 0 Å². The molecule has 2 amide bonds. The van der Waals surface area contributed by atoms with Gasteiger partial charge in [0, 0.05) is 12.0 Å². The lowest BCUT2D eigenvalue weighted by Crippen LogP contribution is -2.42. The van der Waals surface area contributed by atoms with Gasteiger partial charge in [0.1, 0.15) is 0 Å². The van der Waals surface area contributed by atoms with Crippen LogP contribution in [0.5, 0.6) is 0 Å². The summed E-state index contributed by atoms with van der Waals surface area (Å²) in [5.41, 5.74) is 1.21. The molecule has 0 saturated heterocycles. The van der Waals surface area contributed by atoms with Crippen LogP contribution in [0.25, 0.3) is 0 Å². The molecule has 0 fully saturated rings. The number of carbonyl (C=O) groups excluding carboxylic acids is 1. The van der Waals surface area contributed by atoms with Crippen molar-refractivity contribution in [2.45, 2.75) is 26.0 Å². The number of ether oxygens (including phenoxy) is 1. The number of urea groups is 1. The summed E-state index contributed by atoms with van der Waals surface area (Å²) in [7, 11) is 1.29. The Hall–Kier alpha value is -1.60. The minimum atomic E-state index is -1.10. The Balaban J connectivity index is 2.34. The van der Waals surface area contributed by atoms with E-state index < -0.39 is 18.1 Å². The van der Waals surface area contributed by atoms with Gasteiger partial charge in [-0.25, -0.2) is 9.59 Å². The molecule has 3 N–H and O–H groups in total. The summed E-state index contributed by atoms with van der Waals surface area (Å²) in [5.74, 6) is -1.10. The zero-order valence-electron chi connectivity index (χ0n) is 10.9. The van der Waals surface area contributed by atoms with Crippen molar-refractivity contribution < 1.29 is 19.4 Å². The van der Waals surface area contributed by atoms with Crippen molar-refractivity contribution in [3.63, 3.8) is 0 Å². The average molecular weight is 286 g/mol. The van der Waals surface area contributed by atoms with Crippen molar-refractivity contribution in [1.29, 1.82) is 0 Å². The Morgan fingerprint density at radius 1 is 1.47 bits per heavy atom. The maximum atomic E-state index is 11.5. The van der Waals surface area contributed by atoms with E-state index in [9.17, 15) is 9.59 Å². The minimum Gasteiger partial charge on any atom is -0.479 e. The summed E-state index contributed by atoms with van der Waals surface area (Å²) in [6, 6.07) is 1.63. The summed E-state index contributed by atoms with van der Waals surface area (Å²) < 4.78 is 4.71. The van der Waals surface area contributed by atoms with Gasteiger partial charge in [0.25, 0.3) is 0 Å². The van der Waals surface area contributed by atoms with Crippen LogP contribution in [0.3, 0.4) is 0 Å². The Bertz CT molecular complexity index is 433. The van der Waals surface area contributed by atoms with Gasteiger partial charge in [-0.2, -0.15) is 0 Å². The van der Waals surface area contributed by atoms with Gasteiger partial charge in [0.2, 0.25) is 0 Å². The third-order valence-electron chi connectivity index (χ3n) is 2.64. The highest BCUT2D eigenvalue weighted by atomic mass is 32.1. The highest BCUT2D eigenvalue weighted by Gasteiger charge is 2.17. The van der Waals surface area contributed by atoms with Gasteiger partial charge >= 0.3 is 12.0 Å². The van der Waals surface area contributed by atoms with Crippen molar-refractivity contribution in [3.05, 3.63) is 21.9 Å². The number of nitrogens with one attached hydrogen (secondary N) is 2. The van der Waals surface area contributed by atoms with Crippen molar-refractivity contribution in [2.75, 3.05) is 13.7 Å². The molecule has 1 unspecified atom stereocenters. The maximum Gasteiger partial charge on any atom is 0.334 e. The standard InChI is InChI=1S/C12H18N2O4S/c1-3-8-4-5-19-10(8)7-14-12(17)13-6-9(18-2)11(15)16/h4-5,9H,3,6-7H2,1-2H3,(H,15,16)(H2,13,14,17). The lowest BCUT2D eigenvalue weighted by Gasteiger charge is -2.12. The first-order chi connectivity index (χ1) is 9.08. The molecule has 0 aliphatic heterocycles. The second-order valence-corrected chi connectivity index (χ2v) is 4.85. The van der Waals surface area contributed by atoms with Gasteiger partial charge in [0.05, 0.1) is 13.1 Å². The van der Waals surface area contributed by atoms with E-state index in [1.807, 2.05) is 11.4 Å². The molecule has 7 heteroatoms. The fourth-order valence-electron chi connectivity index (χ4n) is 1.52. The third-order valence-corrected chi connectivity index (χ3v) is 3.60. The number of hydrogen-bond acceptors (Lipinski definition) is 4. The molecule has 19 heavy (non-hydrogen) atoms. The summed E-state index contributed by atoms with van der Waals surface area (Å²) in [6.45, 7) is 2.43. The number of amides is 2. The third kappa shape index (κ3) is 4.88. The Morgan fingerprint density at radius 2 is 2.21 bits per heavy atom. The zero-order valence-corrected chi connectivity index (χ0v) is 11.8. The first-order valence-electron chi connectivity index (χ1n) is 5.91. The fourth-order valence-corrected chi connectivity index (χ4v) is 2.43. The predicted molar refractivity (Wildman–Crippen MR) is 72.4 cm³/mol. The van der Waals surface area contributed by atoms with Gasteiger partial charge in [-0.15, -0.1) is 11.3 Å². The van der Waals surface area contributed by atoms with Gasteiger partial charge in [-0.1, -0.05) is 6.92 Å². The molecule has 1 heterocycles. The van der Waals surface area contributed by atoms with E-state index in [2.05, 4.69) is 17.6 Å². The Labute approximate surface area is 115 Å². The molecule has 0 aromatic carbocycles. The molecule has 0 aliphatic carbocycles. The monoisotopic (exact) mass is 286 g/mol. The van der Waals surface area contributed by atoms with E-state index >= 15 is 0 Å². The van der Waals surface area contributed by atoms with Gasteiger partial charge in [-0.3, -0.25) is 0 Å². The fraction of sp³-hybridized carbons (Fsp3) is 0.500. The van der Waals surface area contributed by atoms with Crippen molar-refractivity contribution in [1.82, 2.24) is 10.6 Å². The minimum absolute atomic E-state index is 0.0667. The smallest absolute Gasteiger partial charge is 0.334 e. The number of rotatable bonds is 7. The molecule has 1 aromatic rings. The Kier molecular flexibility index (Phi) is 6.31. The van der Waals surface area contributed by atoms with Crippen LogP contribution >= 0.6 is 11.3 Å². The van der Waals surface area contributed by atoms with E-state index in [0.717, 1.165) is 11.3 Å². The van der Waals surface area contributed by atoms with Crippen LogP contribution in [0.2, 0.25) is 0 Å². The molecule has 1 rings (SSSR count). The molecule has 0 aliphatic rings. The molecule has 6 nitrogen and oxygen atoms in total. The van der Waals surface area contributed by atoms with E-state index in [-0.39, 0.29) is 6.54 Å². The number of carboxylic acids is 1. The molecular weight excluding hydrogens is 268 g/mol.